The normalized spacial score (nSPS) is 13.7. The van der Waals surface area contributed by atoms with Crippen LogP contribution in [-0.4, -0.2) is 34.1 Å². The molecule has 2 N–H and O–H groups in total. The van der Waals surface area contributed by atoms with Crippen LogP contribution in [0.2, 0.25) is 0 Å². The van der Waals surface area contributed by atoms with Crippen molar-refractivity contribution >= 4 is 21.6 Å². The molecule has 0 saturated heterocycles. The van der Waals surface area contributed by atoms with Crippen molar-refractivity contribution < 1.29 is 22.7 Å². The molecule has 0 spiro atoms. The van der Waals surface area contributed by atoms with Crippen LogP contribution in [0.15, 0.2) is 53.4 Å². The number of carbonyl (C=O) groups excluding carboxylic acids is 1. The summed E-state index contributed by atoms with van der Waals surface area (Å²) in [6.45, 7) is 1.01. The monoisotopic (exact) mass is 376 g/mol. The van der Waals surface area contributed by atoms with Crippen LogP contribution >= 0.6 is 0 Å². The Morgan fingerprint density at radius 1 is 1.00 bits per heavy atom. The van der Waals surface area contributed by atoms with E-state index in [0.717, 1.165) is 6.42 Å². The SMILES string of the molecule is O=C(CCNS(=O)(=O)c1ccc2c(c1)OCCCO2)Nc1ccccc1. The standard InChI is InChI=1S/C18H20N2O5S/c21-18(20-14-5-2-1-3-6-14)9-10-19-26(22,23)15-7-8-16-17(13-15)25-12-4-11-24-16/h1-3,5-8,13,19H,4,9-12H2,(H,20,21). The van der Waals surface area contributed by atoms with E-state index in [4.69, 9.17) is 9.47 Å². The number of rotatable bonds is 6. The molecule has 2 aromatic carbocycles. The third-order valence-corrected chi connectivity index (χ3v) is 5.19. The van der Waals surface area contributed by atoms with E-state index in [1.165, 1.54) is 12.1 Å². The van der Waals surface area contributed by atoms with Crippen LogP contribution in [0.1, 0.15) is 12.8 Å². The van der Waals surface area contributed by atoms with Crippen LogP contribution in [0.3, 0.4) is 0 Å². The van der Waals surface area contributed by atoms with Crippen LogP contribution in [-0.2, 0) is 14.8 Å². The van der Waals surface area contributed by atoms with Gasteiger partial charge < -0.3 is 14.8 Å². The first kappa shape index (κ1) is 18.2. The lowest BCUT2D eigenvalue weighted by molar-refractivity contribution is -0.116. The van der Waals surface area contributed by atoms with Gasteiger partial charge in [-0.25, -0.2) is 13.1 Å². The van der Waals surface area contributed by atoms with Gasteiger partial charge in [0.15, 0.2) is 11.5 Å². The molecule has 0 saturated carbocycles. The molecule has 2 aromatic rings. The molecule has 0 atom stereocenters. The van der Waals surface area contributed by atoms with Crippen molar-refractivity contribution in [3.63, 3.8) is 0 Å². The zero-order valence-corrected chi connectivity index (χ0v) is 14.9. The number of para-hydroxylation sites is 1. The van der Waals surface area contributed by atoms with E-state index >= 15 is 0 Å². The maximum atomic E-state index is 12.4. The van der Waals surface area contributed by atoms with Gasteiger partial charge in [-0.15, -0.1) is 0 Å². The molecule has 8 heteroatoms. The Morgan fingerprint density at radius 2 is 1.73 bits per heavy atom. The minimum absolute atomic E-state index is 0.00452. The fraction of sp³-hybridized carbons (Fsp3) is 0.278. The fourth-order valence-corrected chi connectivity index (χ4v) is 3.48. The Kier molecular flexibility index (Phi) is 5.75. The lowest BCUT2D eigenvalue weighted by Crippen LogP contribution is -2.27. The molecule has 1 aliphatic rings. The largest absolute Gasteiger partial charge is 0.490 e. The fourth-order valence-electron chi connectivity index (χ4n) is 2.44. The number of benzene rings is 2. The average molecular weight is 376 g/mol. The van der Waals surface area contributed by atoms with Crippen molar-refractivity contribution in [2.75, 3.05) is 25.1 Å². The summed E-state index contributed by atoms with van der Waals surface area (Å²) in [5.41, 5.74) is 0.670. The highest BCUT2D eigenvalue weighted by Crippen LogP contribution is 2.31. The van der Waals surface area contributed by atoms with Gasteiger partial charge in [0.05, 0.1) is 18.1 Å². The highest BCUT2D eigenvalue weighted by Gasteiger charge is 2.18. The average Bonchev–Trinajstić information content (AvgIpc) is 2.87. The van der Waals surface area contributed by atoms with Crippen LogP contribution in [0.25, 0.3) is 0 Å². The zero-order valence-electron chi connectivity index (χ0n) is 14.1. The van der Waals surface area contributed by atoms with E-state index in [2.05, 4.69) is 10.0 Å². The van der Waals surface area contributed by atoms with Gasteiger partial charge >= 0.3 is 0 Å². The summed E-state index contributed by atoms with van der Waals surface area (Å²) in [4.78, 5) is 12.0. The van der Waals surface area contributed by atoms with Crippen molar-refractivity contribution in [3.8, 4) is 11.5 Å². The summed E-state index contributed by atoms with van der Waals surface area (Å²) in [5, 5.41) is 2.71. The van der Waals surface area contributed by atoms with Gasteiger partial charge in [-0.05, 0) is 24.3 Å². The quantitative estimate of drug-likeness (QED) is 0.806. The molecule has 7 nitrogen and oxygen atoms in total. The molecule has 0 bridgehead atoms. The number of hydrogen-bond donors (Lipinski definition) is 2. The number of sulfonamides is 1. The smallest absolute Gasteiger partial charge is 0.240 e. The van der Waals surface area contributed by atoms with Crippen molar-refractivity contribution in [3.05, 3.63) is 48.5 Å². The van der Waals surface area contributed by atoms with Crippen molar-refractivity contribution in [1.82, 2.24) is 4.72 Å². The number of carbonyl (C=O) groups is 1. The molecule has 26 heavy (non-hydrogen) atoms. The van der Waals surface area contributed by atoms with E-state index in [9.17, 15) is 13.2 Å². The molecule has 1 heterocycles. The summed E-state index contributed by atoms with van der Waals surface area (Å²) >= 11 is 0. The first-order chi connectivity index (χ1) is 12.5. The molecule has 0 fully saturated rings. The third kappa shape index (κ3) is 4.74. The Hall–Kier alpha value is -2.58. The summed E-state index contributed by atoms with van der Waals surface area (Å²) in [6.07, 6.45) is 0.768. The Bertz CT molecular complexity index is 868. The summed E-state index contributed by atoms with van der Waals surface area (Å²) in [6, 6.07) is 13.5. The maximum absolute atomic E-state index is 12.4. The van der Waals surface area contributed by atoms with E-state index in [1.54, 1.807) is 18.2 Å². The minimum Gasteiger partial charge on any atom is -0.490 e. The second kappa shape index (κ2) is 8.20. The highest BCUT2D eigenvalue weighted by molar-refractivity contribution is 7.89. The number of nitrogens with one attached hydrogen (secondary N) is 2. The minimum atomic E-state index is -3.74. The molecule has 0 unspecified atom stereocenters. The van der Waals surface area contributed by atoms with Gasteiger partial charge in [0.2, 0.25) is 15.9 Å². The second-order valence-electron chi connectivity index (χ2n) is 5.72. The molecule has 0 aromatic heterocycles. The summed E-state index contributed by atoms with van der Waals surface area (Å²) in [7, 11) is -3.74. The number of amides is 1. The number of ether oxygens (including phenoxy) is 2. The third-order valence-electron chi connectivity index (χ3n) is 3.73. The lowest BCUT2D eigenvalue weighted by Gasteiger charge is -2.11. The predicted octanol–water partition coefficient (Wildman–Crippen LogP) is 2.15. The summed E-state index contributed by atoms with van der Waals surface area (Å²) < 4.78 is 38.2. The van der Waals surface area contributed by atoms with Crippen molar-refractivity contribution in [2.45, 2.75) is 17.7 Å². The van der Waals surface area contributed by atoms with Crippen molar-refractivity contribution in [2.24, 2.45) is 0 Å². The number of hydrogen-bond acceptors (Lipinski definition) is 5. The molecule has 138 valence electrons. The molecule has 3 rings (SSSR count). The van der Waals surface area contributed by atoms with Gasteiger partial charge in [0, 0.05) is 31.1 Å². The number of anilines is 1. The van der Waals surface area contributed by atoms with Gasteiger partial charge in [0.1, 0.15) is 0 Å². The van der Waals surface area contributed by atoms with Crippen LogP contribution in [0.4, 0.5) is 5.69 Å². The van der Waals surface area contributed by atoms with Gasteiger partial charge in [-0.1, -0.05) is 18.2 Å². The van der Waals surface area contributed by atoms with E-state index in [-0.39, 0.29) is 23.8 Å². The van der Waals surface area contributed by atoms with E-state index in [1.807, 2.05) is 18.2 Å². The topological polar surface area (TPSA) is 93.7 Å². The molecule has 0 aliphatic carbocycles. The predicted molar refractivity (Wildman–Crippen MR) is 96.9 cm³/mol. The van der Waals surface area contributed by atoms with Crippen LogP contribution < -0.4 is 19.5 Å². The van der Waals surface area contributed by atoms with Crippen molar-refractivity contribution in [1.29, 1.82) is 0 Å². The number of fused-ring (bicyclic) bond motifs is 1. The highest BCUT2D eigenvalue weighted by atomic mass is 32.2. The lowest BCUT2D eigenvalue weighted by atomic mass is 10.3. The molecule has 0 radical (unpaired) electrons. The maximum Gasteiger partial charge on any atom is 0.240 e. The summed E-state index contributed by atoms with van der Waals surface area (Å²) in [5.74, 6) is 0.674. The molecular formula is C18H20N2O5S. The van der Waals surface area contributed by atoms with E-state index in [0.29, 0.717) is 30.4 Å². The molecule has 1 aliphatic heterocycles. The van der Waals surface area contributed by atoms with Gasteiger partial charge in [-0.2, -0.15) is 0 Å². The Morgan fingerprint density at radius 3 is 2.50 bits per heavy atom. The van der Waals surface area contributed by atoms with Gasteiger partial charge in [0.25, 0.3) is 0 Å². The second-order valence-corrected chi connectivity index (χ2v) is 7.49. The van der Waals surface area contributed by atoms with Crippen LogP contribution in [0, 0.1) is 0 Å². The first-order valence-corrected chi connectivity index (χ1v) is 9.77. The first-order valence-electron chi connectivity index (χ1n) is 8.29. The van der Waals surface area contributed by atoms with Gasteiger partial charge in [-0.3, -0.25) is 4.79 Å². The molecule has 1 amide bonds. The Labute approximate surface area is 152 Å². The van der Waals surface area contributed by atoms with E-state index < -0.39 is 10.0 Å². The zero-order chi connectivity index (χ0) is 18.4. The van der Waals surface area contributed by atoms with Crippen LogP contribution in [0.5, 0.6) is 11.5 Å². The Balaban J connectivity index is 1.57. The molecular weight excluding hydrogens is 356 g/mol.